The van der Waals surface area contributed by atoms with Crippen molar-refractivity contribution in [1.82, 2.24) is 10.6 Å². The van der Waals surface area contributed by atoms with Crippen LogP contribution in [-0.2, 0) is 6.42 Å². The molecule has 2 atom stereocenters. The number of amides is 2. The molecule has 2 aromatic rings. The summed E-state index contributed by atoms with van der Waals surface area (Å²) in [6.07, 6.45) is 1.22. The van der Waals surface area contributed by atoms with E-state index in [0.29, 0.717) is 0 Å². The third-order valence-electron chi connectivity index (χ3n) is 4.44. The molecule has 120 valence electrons. The number of aryl methyl sites for hydroxylation is 2. The number of nitrogens with one attached hydrogen (secondary N) is 2. The first-order valence-electron chi connectivity index (χ1n) is 8.01. The van der Waals surface area contributed by atoms with Crippen molar-refractivity contribution in [2.75, 3.05) is 6.54 Å². The minimum atomic E-state index is -0.696. The van der Waals surface area contributed by atoms with Gasteiger partial charge in [0, 0.05) is 6.54 Å². The van der Waals surface area contributed by atoms with E-state index in [1.807, 2.05) is 43.3 Å². The van der Waals surface area contributed by atoms with Crippen molar-refractivity contribution in [2.24, 2.45) is 0 Å². The number of urea groups is 1. The molecule has 4 heteroatoms. The van der Waals surface area contributed by atoms with Crippen LogP contribution in [0.25, 0.3) is 0 Å². The highest BCUT2D eigenvalue weighted by Gasteiger charge is 2.23. The highest BCUT2D eigenvalue weighted by Crippen LogP contribution is 2.30. The van der Waals surface area contributed by atoms with E-state index in [1.54, 1.807) is 0 Å². The molecule has 0 aliphatic heterocycles. The van der Waals surface area contributed by atoms with Gasteiger partial charge in [-0.2, -0.15) is 0 Å². The van der Waals surface area contributed by atoms with Crippen LogP contribution in [0.1, 0.15) is 40.8 Å². The lowest BCUT2D eigenvalue weighted by atomic mass is 10.0. The fourth-order valence-corrected chi connectivity index (χ4v) is 3.18. The molecule has 2 amide bonds. The molecule has 1 aliphatic carbocycles. The van der Waals surface area contributed by atoms with Crippen LogP contribution in [0.15, 0.2) is 48.5 Å². The van der Waals surface area contributed by atoms with E-state index in [0.717, 1.165) is 24.0 Å². The lowest BCUT2D eigenvalue weighted by molar-refractivity contribution is 0.172. The zero-order chi connectivity index (χ0) is 16.2. The summed E-state index contributed by atoms with van der Waals surface area (Å²) in [5, 5.41) is 16.0. The lowest BCUT2D eigenvalue weighted by Gasteiger charge is -2.17. The number of rotatable bonds is 4. The van der Waals surface area contributed by atoms with Crippen molar-refractivity contribution >= 4 is 6.03 Å². The Bertz CT molecular complexity index is 699. The third-order valence-corrected chi connectivity index (χ3v) is 4.44. The largest absolute Gasteiger partial charge is 0.387 e. The van der Waals surface area contributed by atoms with Gasteiger partial charge in [0.1, 0.15) is 0 Å². The van der Waals surface area contributed by atoms with Crippen LogP contribution in [0.3, 0.4) is 0 Å². The van der Waals surface area contributed by atoms with Crippen molar-refractivity contribution in [3.05, 3.63) is 70.8 Å². The summed E-state index contributed by atoms with van der Waals surface area (Å²) in [5.41, 5.74) is 4.37. The van der Waals surface area contributed by atoms with Crippen molar-refractivity contribution < 1.29 is 9.90 Å². The summed E-state index contributed by atoms with van der Waals surface area (Å²) in [7, 11) is 0. The molecule has 0 saturated carbocycles. The van der Waals surface area contributed by atoms with Crippen LogP contribution in [-0.4, -0.2) is 17.7 Å². The Labute approximate surface area is 136 Å². The summed E-state index contributed by atoms with van der Waals surface area (Å²) in [6.45, 7) is 2.15. The summed E-state index contributed by atoms with van der Waals surface area (Å²) in [6, 6.07) is 15.7. The quantitative estimate of drug-likeness (QED) is 0.813. The van der Waals surface area contributed by atoms with Crippen molar-refractivity contribution in [3.63, 3.8) is 0 Å². The molecule has 3 rings (SSSR count). The number of carbonyl (C=O) groups excluding carboxylic acids is 1. The average Bonchev–Trinajstić information content (AvgIpc) is 2.96. The highest BCUT2D eigenvalue weighted by atomic mass is 16.3. The van der Waals surface area contributed by atoms with E-state index in [-0.39, 0.29) is 18.6 Å². The van der Waals surface area contributed by atoms with Crippen LogP contribution in [0.5, 0.6) is 0 Å². The Hall–Kier alpha value is -2.33. The van der Waals surface area contributed by atoms with E-state index >= 15 is 0 Å². The first-order valence-corrected chi connectivity index (χ1v) is 8.01. The maximum absolute atomic E-state index is 12.1. The summed E-state index contributed by atoms with van der Waals surface area (Å²) >= 11 is 0. The molecule has 0 radical (unpaired) electrons. The van der Waals surface area contributed by atoms with Crippen LogP contribution >= 0.6 is 0 Å². The van der Waals surface area contributed by atoms with Gasteiger partial charge in [0.15, 0.2) is 0 Å². The molecule has 3 N–H and O–H groups in total. The fraction of sp³-hybridized carbons (Fsp3) is 0.316. The Balaban J connectivity index is 1.54. The van der Waals surface area contributed by atoms with Gasteiger partial charge in [-0.3, -0.25) is 0 Å². The maximum Gasteiger partial charge on any atom is 0.315 e. The molecule has 2 unspecified atom stereocenters. The summed E-state index contributed by atoms with van der Waals surface area (Å²) in [5.74, 6) is 0. The van der Waals surface area contributed by atoms with Crippen molar-refractivity contribution in [3.8, 4) is 0 Å². The van der Waals surface area contributed by atoms with Crippen LogP contribution in [0.4, 0.5) is 4.79 Å². The molecule has 0 saturated heterocycles. The smallest absolute Gasteiger partial charge is 0.315 e. The Morgan fingerprint density at radius 1 is 1.22 bits per heavy atom. The number of aliphatic hydroxyl groups is 1. The van der Waals surface area contributed by atoms with Gasteiger partial charge < -0.3 is 15.7 Å². The second-order valence-electron chi connectivity index (χ2n) is 6.02. The maximum atomic E-state index is 12.1. The minimum Gasteiger partial charge on any atom is -0.387 e. The summed E-state index contributed by atoms with van der Waals surface area (Å²) < 4.78 is 0. The average molecular weight is 310 g/mol. The number of hydrogen-bond donors (Lipinski definition) is 3. The van der Waals surface area contributed by atoms with Crippen LogP contribution in [0.2, 0.25) is 0 Å². The first kappa shape index (κ1) is 15.6. The van der Waals surface area contributed by atoms with Gasteiger partial charge in [-0.25, -0.2) is 4.79 Å². The standard InChI is InChI=1S/C19H22N2O2/c1-13-6-2-4-8-15(13)18(22)12-20-19(23)21-17-11-10-14-7-3-5-9-16(14)17/h2-9,17-18,22H,10-12H2,1H3,(H2,20,21,23). The van der Waals surface area contributed by atoms with E-state index in [2.05, 4.69) is 22.8 Å². The van der Waals surface area contributed by atoms with Gasteiger partial charge in [-0.05, 0) is 42.0 Å². The highest BCUT2D eigenvalue weighted by molar-refractivity contribution is 5.74. The van der Waals surface area contributed by atoms with Gasteiger partial charge in [-0.15, -0.1) is 0 Å². The predicted molar refractivity (Wildman–Crippen MR) is 90.2 cm³/mol. The fourth-order valence-electron chi connectivity index (χ4n) is 3.18. The molecule has 4 nitrogen and oxygen atoms in total. The molecular weight excluding hydrogens is 288 g/mol. The molecular formula is C19H22N2O2. The number of carbonyl (C=O) groups is 1. The van der Waals surface area contributed by atoms with Gasteiger partial charge in [0.2, 0.25) is 0 Å². The topological polar surface area (TPSA) is 61.4 Å². The van der Waals surface area contributed by atoms with E-state index in [9.17, 15) is 9.90 Å². The monoisotopic (exact) mass is 310 g/mol. The van der Waals surface area contributed by atoms with E-state index < -0.39 is 6.10 Å². The van der Waals surface area contributed by atoms with Crippen LogP contribution < -0.4 is 10.6 Å². The molecule has 1 aliphatic rings. The molecule has 0 aromatic heterocycles. The molecule has 0 bridgehead atoms. The second kappa shape index (κ2) is 6.84. The SMILES string of the molecule is Cc1ccccc1C(O)CNC(=O)NC1CCc2ccccc21. The number of aliphatic hydroxyl groups excluding tert-OH is 1. The minimum absolute atomic E-state index is 0.0572. The molecule has 0 fully saturated rings. The summed E-state index contributed by atoms with van der Waals surface area (Å²) in [4.78, 5) is 12.1. The molecule has 2 aromatic carbocycles. The van der Waals surface area contributed by atoms with Crippen LogP contribution in [0, 0.1) is 6.92 Å². The van der Waals surface area contributed by atoms with Gasteiger partial charge in [0.25, 0.3) is 0 Å². The van der Waals surface area contributed by atoms with Gasteiger partial charge >= 0.3 is 6.03 Å². The second-order valence-corrected chi connectivity index (χ2v) is 6.02. The molecule has 0 spiro atoms. The number of fused-ring (bicyclic) bond motifs is 1. The Kier molecular flexibility index (Phi) is 4.63. The van der Waals surface area contributed by atoms with E-state index in [4.69, 9.17) is 0 Å². The Morgan fingerprint density at radius 3 is 2.78 bits per heavy atom. The normalized spacial score (nSPS) is 17.4. The predicted octanol–water partition coefficient (Wildman–Crippen LogP) is 3.02. The van der Waals surface area contributed by atoms with E-state index in [1.165, 1.54) is 11.1 Å². The lowest BCUT2D eigenvalue weighted by Crippen LogP contribution is -2.39. The zero-order valence-corrected chi connectivity index (χ0v) is 13.3. The Morgan fingerprint density at radius 2 is 1.96 bits per heavy atom. The van der Waals surface area contributed by atoms with Gasteiger partial charge in [-0.1, -0.05) is 48.5 Å². The molecule has 23 heavy (non-hydrogen) atoms. The van der Waals surface area contributed by atoms with Crippen molar-refractivity contribution in [2.45, 2.75) is 31.9 Å². The molecule has 0 heterocycles. The number of benzene rings is 2. The number of hydrogen-bond acceptors (Lipinski definition) is 2. The first-order chi connectivity index (χ1) is 11.1. The van der Waals surface area contributed by atoms with Gasteiger partial charge in [0.05, 0.1) is 12.1 Å². The zero-order valence-electron chi connectivity index (χ0n) is 13.3. The third kappa shape index (κ3) is 3.54. The van der Waals surface area contributed by atoms with Crippen molar-refractivity contribution in [1.29, 1.82) is 0 Å².